The normalized spacial score (nSPS) is 10.6. The number of hydrogen-bond acceptors (Lipinski definition) is 5. The van der Waals surface area contributed by atoms with Crippen molar-refractivity contribution in [3.05, 3.63) is 25.6 Å². The number of aromatic nitrogens is 5. The summed E-state index contributed by atoms with van der Waals surface area (Å²) in [5.74, 6) is 0. The number of fused-ring (bicyclic) bond motifs is 1. The van der Waals surface area contributed by atoms with Crippen molar-refractivity contribution in [1.29, 1.82) is 0 Å². The van der Waals surface area contributed by atoms with E-state index >= 15 is 0 Å². The van der Waals surface area contributed by atoms with Crippen LogP contribution in [0.4, 0.5) is 0 Å². The minimum absolute atomic E-state index is 0.0989. The lowest BCUT2D eigenvalue weighted by Crippen LogP contribution is -2.24. The van der Waals surface area contributed by atoms with E-state index in [1.807, 2.05) is 0 Å². The monoisotopic (exact) mass is 211 g/mol. The van der Waals surface area contributed by atoms with Crippen LogP contribution in [0, 0.1) is 4.64 Å². The second-order valence-corrected chi connectivity index (χ2v) is 3.03. The summed E-state index contributed by atoms with van der Waals surface area (Å²) in [6.07, 6.45) is 0. The van der Waals surface area contributed by atoms with Crippen LogP contribution in [0.25, 0.3) is 11.2 Å². The summed E-state index contributed by atoms with van der Waals surface area (Å²) in [7, 11) is 1.45. The Balaban J connectivity index is 3.11. The van der Waals surface area contributed by atoms with E-state index in [0.29, 0.717) is 5.52 Å². The maximum Gasteiger partial charge on any atom is 0.365 e. The van der Waals surface area contributed by atoms with E-state index in [4.69, 9.17) is 12.2 Å². The second-order valence-electron chi connectivity index (χ2n) is 2.62. The van der Waals surface area contributed by atoms with Gasteiger partial charge >= 0.3 is 11.4 Å². The quantitative estimate of drug-likeness (QED) is 0.549. The molecule has 2 aromatic rings. The summed E-state index contributed by atoms with van der Waals surface area (Å²) in [5, 5.41) is 3.85. The van der Waals surface area contributed by atoms with Gasteiger partial charge in [0.05, 0.1) is 0 Å². The minimum Gasteiger partial charge on any atom is -0.296 e. The van der Waals surface area contributed by atoms with Crippen LogP contribution in [0.2, 0.25) is 0 Å². The topological polar surface area (TPSA) is 96.4 Å². The predicted molar refractivity (Wildman–Crippen MR) is 50.6 cm³/mol. The lowest BCUT2D eigenvalue weighted by Gasteiger charge is -1.97. The van der Waals surface area contributed by atoms with Crippen molar-refractivity contribution < 1.29 is 0 Å². The molecular formula is C6H5N5O2S. The third-order valence-corrected chi connectivity index (χ3v) is 1.93. The summed E-state index contributed by atoms with van der Waals surface area (Å²) in [4.78, 5) is 30.3. The van der Waals surface area contributed by atoms with Gasteiger partial charge in [-0.3, -0.25) is 9.97 Å². The molecule has 0 saturated carbocycles. The summed E-state index contributed by atoms with van der Waals surface area (Å²) >= 11 is 4.85. The molecule has 0 spiro atoms. The smallest absolute Gasteiger partial charge is 0.296 e. The Hall–Kier alpha value is -1.83. The summed E-state index contributed by atoms with van der Waals surface area (Å²) in [5.41, 5.74) is -0.664. The Bertz CT molecular complexity index is 666. The van der Waals surface area contributed by atoms with Crippen LogP contribution in [-0.4, -0.2) is 24.7 Å². The molecule has 0 aliphatic rings. The van der Waals surface area contributed by atoms with Gasteiger partial charge in [0.15, 0.2) is 11.2 Å². The van der Waals surface area contributed by atoms with E-state index < -0.39 is 11.4 Å². The molecule has 0 aliphatic heterocycles. The Morgan fingerprint density at radius 3 is 2.79 bits per heavy atom. The molecule has 72 valence electrons. The molecule has 2 aromatic heterocycles. The largest absolute Gasteiger partial charge is 0.365 e. The summed E-state index contributed by atoms with van der Waals surface area (Å²) in [6.45, 7) is 0. The molecule has 2 heterocycles. The van der Waals surface area contributed by atoms with Crippen molar-refractivity contribution in [2.24, 2.45) is 7.05 Å². The highest BCUT2D eigenvalue weighted by molar-refractivity contribution is 7.71. The molecule has 8 heteroatoms. The summed E-state index contributed by atoms with van der Waals surface area (Å²) < 4.78 is 1.21. The van der Waals surface area contributed by atoms with Crippen LogP contribution in [0.5, 0.6) is 0 Å². The highest BCUT2D eigenvalue weighted by Crippen LogP contribution is 1.98. The van der Waals surface area contributed by atoms with Crippen LogP contribution in [-0.2, 0) is 7.05 Å². The van der Waals surface area contributed by atoms with E-state index in [-0.39, 0.29) is 10.3 Å². The van der Waals surface area contributed by atoms with Crippen molar-refractivity contribution in [1.82, 2.24) is 24.7 Å². The average molecular weight is 211 g/mol. The molecule has 0 unspecified atom stereocenters. The molecular weight excluding hydrogens is 206 g/mol. The van der Waals surface area contributed by atoms with Gasteiger partial charge in [0.1, 0.15) is 4.64 Å². The number of aryl methyl sites for hydroxylation is 1. The molecule has 0 radical (unpaired) electrons. The van der Waals surface area contributed by atoms with Crippen molar-refractivity contribution >= 4 is 23.4 Å². The van der Waals surface area contributed by atoms with Gasteiger partial charge in [0, 0.05) is 7.05 Å². The van der Waals surface area contributed by atoms with Gasteiger partial charge in [-0.15, -0.1) is 0 Å². The van der Waals surface area contributed by atoms with E-state index in [2.05, 4.69) is 20.1 Å². The SMILES string of the molecule is Cn1nc2c(=S)[nH]c(=O)[nH]c2nc1=O. The van der Waals surface area contributed by atoms with Crippen molar-refractivity contribution in [2.75, 3.05) is 0 Å². The second kappa shape index (κ2) is 2.84. The van der Waals surface area contributed by atoms with Gasteiger partial charge in [0.2, 0.25) is 0 Å². The predicted octanol–water partition coefficient (Wildman–Crippen LogP) is -0.926. The zero-order chi connectivity index (χ0) is 10.3. The minimum atomic E-state index is -0.547. The lowest BCUT2D eigenvalue weighted by molar-refractivity contribution is 0.692. The maximum atomic E-state index is 11.1. The van der Waals surface area contributed by atoms with Crippen LogP contribution >= 0.6 is 12.2 Å². The fourth-order valence-corrected chi connectivity index (χ4v) is 1.23. The molecule has 0 amide bonds. The number of aromatic amines is 2. The molecule has 0 fully saturated rings. The van der Waals surface area contributed by atoms with Crippen LogP contribution in [0.15, 0.2) is 9.59 Å². The highest BCUT2D eigenvalue weighted by atomic mass is 32.1. The van der Waals surface area contributed by atoms with Crippen molar-refractivity contribution in [2.45, 2.75) is 0 Å². The first-order valence-corrected chi connectivity index (χ1v) is 4.06. The van der Waals surface area contributed by atoms with E-state index in [9.17, 15) is 9.59 Å². The molecule has 0 saturated heterocycles. The van der Waals surface area contributed by atoms with Gasteiger partial charge in [-0.25, -0.2) is 14.3 Å². The molecule has 0 bridgehead atoms. The molecule has 7 nitrogen and oxygen atoms in total. The zero-order valence-electron chi connectivity index (χ0n) is 7.07. The Labute approximate surface area is 81.4 Å². The number of H-pyrrole nitrogens is 2. The molecule has 0 aliphatic carbocycles. The van der Waals surface area contributed by atoms with Crippen molar-refractivity contribution in [3.8, 4) is 0 Å². The van der Waals surface area contributed by atoms with Gasteiger partial charge in [-0.05, 0) is 0 Å². The van der Waals surface area contributed by atoms with Gasteiger partial charge in [0.25, 0.3) is 0 Å². The molecule has 2 rings (SSSR count). The highest BCUT2D eigenvalue weighted by Gasteiger charge is 2.03. The Morgan fingerprint density at radius 2 is 2.07 bits per heavy atom. The molecule has 0 aromatic carbocycles. The van der Waals surface area contributed by atoms with Crippen molar-refractivity contribution in [3.63, 3.8) is 0 Å². The van der Waals surface area contributed by atoms with Crippen LogP contribution in [0.3, 0.4) is 0 Å². The van der Waals surface area contributed by atoms with E-state index in [1.165, 1.54) is 7.05 Å². The molecule has 2 N–H and O–H groups in total. The average Bonchev–Trinajstić information content (AvgIpc) is 2.08. The van der Waals surface area contributed by atoms with Crippen LogP contribution in [0.1, 0.15) is 0 Å². The first-order valence-electron chi connectivity index (χ1n) is 3.65. The number of hydrogen-bond donors (Lipinski definition) is 2. The molecule has 14 heavy (non-hydrogen) atoms. The fraction of sp³-hybridized carbons (Fsp3) is 0.167. The number of nitrogens with one attached hydrogen (secondary N) is 2. The van der Waals surface area contributed by atoms with E-state index in [0.717, 1.165) is 4.68 Å². The first-order chi connectivity index (χ1) is 6.58. The van der Waals surface area contributed by atoms with Crippen LogP contribution < -0.4 is 11.4 Å². The first kappa shape index (κ1) is 8.75. The molecule has 0 atom stereocenters. The summed E-state index contributed by atoms with van der Waals surface area (Å²) in [6, 6.07) is 0. The Morgan fingerprint density at radius 1 is 1.36 bits per heavy atom. The standard InChI is InChI=1S/C6H5N5O2S/c1-11-6(13)8-3-2(10-11)4(14)9-5(12)7-3/h1H3,(H2,7,8,9,12,13,14). The maximum absolute atomic E-state index is 11.1. The fourth-order valence-electron chi connectivity index (χ4n) is 1.00. The number of rotatable bonds is 0. The van der Waals surface area contributed by atoms with Gasteiger partial charge in [-0.1, -0.05) is 12.2 Å². The number of nitrogens with zero attached hydrogens (tertiary/aromatic N) is 3. The van der Waals surface area contributed by atoms with Gasteiger partial charge in [-0.2, -0.15) is 10.1 Å². The van der Waals surface area contributed by atoms with E-state index in [1.54, 1.807) is 0 Å². The third-order valence-electron chi connectivity index (χ3n) is 1.63. The van der Waals surface area contributed by atoms with Gasteiger partial charge < -0.3 is 0 Å². The Kier molecular flexibility index (Phi) is 1.78. The third kappa shape index (κ3) is 1.25. The zero-order valence-corrected chi connectivity index (χ0v) is 7.88. The lowest BCUT2D eigenvalue weighted by atomic mass is 10.5.